The molecular formula is C33H27F3N2O4. The molecule has 42 heavy (non-hydrogen) atoms. The molecule has 0 unspecified atom stereocenters. The van der Waals surface area contributed by atoms with Gasteiger partial charge in [-0.2, -0.15) is 13.2 Å². The molecule has 0 saturated heterocycles. The number of para-hydroxylation sites is 1. The molecule has 1 aromatic heterocycles. The van der Waals surface area contributed by atoms with E-state index in [1.165, 1.54) is 35.9 Å². The Labute approximate surface area is 240 Å². The van der Waals surface area contributed by atoms with Crippen molar-refractivity contribution in [2.45, 2.75) is 19.1 Å². The molecule has 0 aliphatic carbocycles. The number of hydrogen-bond acceptors (Lipinski definition) is 4. The second-order valence-corrected chi connectivity index (χ2v) is 9.56. The lowest BCUT2D eigenvalue weighted by molar-refractivity contribution is -0.137. The number of ether oxygens (including phenoxy) is 1. The summed E-state index contributed by atoms with van der Waals surface area (Å²) in [5, 5.41) is 14.6. The molecule has 0 bridgehead atoms. The van der Waals surface area contributed by atoms with E-state index in [0.717, 1.165) is 28.7 Å². The molecule has 0 aliphatic rings. The minimum Gasteiger partial charge on any atom is -0.493 e. The first kappa shape index (κ1) is 28.5. The van der Waals surface area contributed by atoms with Crippen LogP contribution in [0, 0.1) is 0 Å². The van der Waals surface area contributed by atoms with Crippen molar-refractivity contribution in [2.75, 3.05) is 13.2 Å². The highest BCUT2D eigenvalue weighted by atomic mass is 19.4. The lowest BCUT2D eigenvalue weighted by Crippen LogP contribution is -2.06. The number of fused-ring (bicyclic) bond motifs is 1. The average Bonchev–Trinajstić information content (AvgIpc) is 3.33. The van der Waals surface area contributed by atoms with E-state index in [-0.39, 0.29) is 18.8 Å². The molecule has 5 aromatic rings. The summed E-state index contributed by atoms with van der Waals surface area (Å²) in [5.74, 6) is -0.794. The number of aromatic carboxylic acids is 1. The van der Waals surface area contributed by atoms with Crippen LogP contribution in [0.1, 0.15) is 33.6 Å². The van der Waals surface area contributed by atoms with Gasteiger partial charge in [-0.05, 0) is 53.6 Å². The van der Waals surface area contributed by atoms with Gasteiger partial charge in [-0.15, -0.1) is 0 Å². The summed E-state index contributed by atoms with van der Waals surface area (Å²) in [6, 6.07) is 29.1. The molecule has 4 aromatic carbocycles. The number of oxime groups is 1. The van der Waals surface area contributed by atoms with Crippen molar-refractivity contribution < 1.29 is 32.6 Å². The second-order valence-electron chi connectivity index (χ2n) is 9.56. The molecule has 0 saturated carbocycles. The molecule has 0 fully saturated rings. The number of carboxylic acid groups (broad SMARTS) is 1. The standard InChI is InChI=1S/C33H27F3N2O4/c34-33(35,36)27-14-11-24(12-15-27)29-20-26(32(39)40)13-16-31(29)41-17-6-18-42-37-21-28-19-25-9-4-5-10-30(25)38(28)22-23-7-2-1-3-8-23/h1-5,7-16,19-21H,6,17-18,22H2,(H,39,40). The van der Waals surface area contributed by atoms with E-state index in [2.05, 4.69) is 34.0 Å². The largest absolute Gasteiger partial charge is 0.493 e. The SMILES string of the molecule is O=C(O)c1ccc(OCCCON=Cc2cc3ccccc3n2Cc2ccccc2)c(-c2ccc(C(F)(F)F)cc2)c1. The third-order valence-corrected chi connectivity index (χ3v) is 6.67. The molecule has 1 N–H and O–H groups in total. The minimum atomic E-state index is -4.47. The van der Waals surface area contributed by atoms with Gasteiger partial charge in [-0.3, -0.25) is 0 Å². The van der Waals surface area contributed by atoms with Gasteiger partial charge in [0, 0.05) is 29.4 Å². The molecule has 0 aliphatic heterocycles. The number of carboxylic acids is 1. The Balaban J connectivity index is 1.21. The second kappa shape index (κ2) is 12.6. The van der Waals surface area contributed by atoms with Crippen LogP contribution in [-0.4, -0.2) is 35.1 Å². The van der Waals surface area contributed by atoms with Crippen LogP contribution in [0.2, 0.25) is 0 Å². The van der Waals surface area contributed by atoms with Gasteiger partial charge in [0.2, 0.25) is 0 Å². The third-order valence-electron chi connectivity index (χ3n) is 6.67. The van der Waals surface area contributed by atoms with Crippen molar-refractivity contribution in [1.29, 1.82) is 0 Å². The third kappa shape index (κ3) is 6.80. The van der Waals surface area contributed by atoms with Crippen LogP contribution < -0.4 is 4.74 Å². The van der Waals surface area contributed by atoms with E-state index in [4.69, 9.17) is 9.57 Å². The van der Waals surface area contributed by atoms with Crippen molar-refractivity contribution in [1.82, 2.24) is 4.57 Å². The predicted octanol–water partition coefficient (Wildman–Crippen LogP) is 7.89. The van der Waals surface area contributed by atoms with E-state index < -0.39 is 17.7 Å². The van der Waals surface area contributed by atoms with Gasteiger partial charge in [-0.25, -0.2) is 4.79 Å². The topological polar surface area (TPSA) is 73.1 Å². The number of benzene rings is 4. The molecule has 1 heterocycles. The van der Waals surface area contributed by atoms with Crippen molar-refractivity contribution in [3.63, 3.8) is 0 Å². The quantitative estimate of drug-likeness (QED) is 0.0992. The lowest BCUT2D eigenvalue weighted by Gasteiger charge is -2.14. The van der Waals surface area contributed by atoms with Crippen LogP contribution >= 0.6 is 0 Å². The lowest BCUT2D eigenvalue weighted by atomic mass is 10.0. The van der Waals surface area contributed by atoms with Gasteiger partial charge in [0.25, 0.3) is 0 Å². The van der Waals surface area contributed by atoms with Crippen molar-refractivity contribution in [2.24, 2.45) is 5.16 Å². The summed E-state index contributed by atoms with van der Waals surface area (Å²) in [6.45, 7) is 1.17. The van der Waals surface area contributed by atoms with Gasteiger partial charge in [0.05, 0.1) is 29.6 Å². The summed E-state index contributed by atoms with van der Waals surface area (Å²) in [7, 11) is 0. The number of rotatable bonds is 11. The van der Waals surface area contributed by atoms with Crippen LogP contribution in [0.3, 0.4) is 0 Å². The summed E-state index contributed by atoms with van der Waals surface area (Å²) in [6.07, 6.45) is -2.32. The zero-order valence-electron chi connectivity index (χ0n) is 22.4. The van der Waals surface area contributed by atoms with Gasteiger partial charge in [0.1, 0.15) is 12.4 Å². The van der Waals surface area contributed by atoms with E-state index in [0.29, 0.717) is 29.8 Å². The van der Waals surface area contributed by atoms with E-state index >= 15 is 0 Å². The van der Waals surface area contributed by atoms with Crippen molar-refractivity contribution in [3.05, 3.63) is 126 Å². The molecule has 0 spiro atoms. The van der Waals surface area contributed by atoms with Crippen LogP contribution in [0.5, 0.6) is 5.75 Å². The Morgan fingerprint density at radius 1 is 0.881 bits per heavy atom. The number of aromatic nitrogens is 1. The monoisotopic (exact) mass is 572 g/mol. The Morgan fingerprint density at radius 3 is 2.36 bits per heavy atom. The van der Waals surface area contributed by atoms with Gasteiger partial charge in [-0.1, -0.05) is 65.8 Å². The zero-order chi connectivity index (χ0) is 29.5. The predicted molar refractivity (Wildman–Crippen MR) is 155 cm³/mol. The maximum atomic E-state index is 13.0. The molecule has 6 nitrogen and oxygen atoms in total. The first-order valence-electron chi connectivity index (χ1n) is 13.2. The Morgan fingerprint density at radius 2 is 1.62 bits per heavy atom. The Kier molecular flexibility index (Phi) is 8.57. The molecular weight excluding hydrogens is 545 g/mol. The fourth-order valence-corrected chi connectivity index (χ4v) is 4.58. The fraction of sp³-hybridized carbons (Fsp3) is 0.152. The first-order chi connectivity index (χ1) is 20.3. The highest BCUT2D eigenvalue weighted by Crippen LogP contribution is 2.35. The summed E-state index contributed by atoms with van der Waals surface area (Å²) >= 11 is 0. The van der Waals surface area contributed by atoms with Gasteiger partial charge >= 0.3 is 12.1 Å². The smallest absolute Gasteiger partial charge is 0.416 e. The average molecular weight is 573 g/mol. The zero-order valence-corrected chi connectivity index (χ0v) is 22.4. The first-order valence-corrected chi connectivity index (χ1v) is 13.2. The molecule has 0 radical (unpaired) electrons. The highest BCUT2D eigenvalue weighted by molar-refractivity contribution is 5.91. The Bertz CT molecular complexity index is 1690. The van der Waals surface area contributed by atoms with Gasteiger partial charge in [0.15, 0.2) is 0 Å². The van der Waals surface area contributed by atoms with E-state index in [9.17, 15) is 23.1 Å². The van der Waals surface area contributed by atoms with Crippen LogP contribution in [0.4, 0.5) is 13.2 Å². The molecule has 0 amide bonds. The fourth-order valence-electron chi connectivity index (χ4n) is 4.58. The van der Waals surface area contributed by atoms with E-state index in [1.807, 2.05) is 36.4 Å². The maximum Gasteiger partial charge on any atom is 0.416 e. The van der Waals surface area contributed by atoms with Crippen molar-refractivity contribution in [3.8, 4) is 16.9 Å². The molecule has 214 valence electrons. The number of nitrogens with zero attached hydrogens (tertiary/aromatic N) is 2. The van der Waals surface area contributed by atoms with Crippen LogP contribution in [0.15, 0.2) is 108 Å². The van der Waals surface area contributed by atoms with Crippen molar-refractivity contribution >= 4 is 23.1 Å². The minimum absolute atomic E-state index is 0.000375. The normalized spacial score (nSPS) is 11.7. The number of alkyl halides is 3. The highest BCUT2D eigenvalue weighted by Gasteiger charge is 2.30. The number of hydrogen-bond donors (Lipinski definition) is 1. The van der Waals surface area contributed by atoms with Gasteiger partial charge < -0.3 is 19.2 Å². The molecule has 9 heteroatoms. The Hall–Kier alpha value is -5.05. The van der Waals surface area contributed by atoms with Crippen LogP contribution in [0.25, 0.3) is 22.0 Å². The summed E-state index contributed by atoms with van der Waals surface area (Å²) in [4.78, 5) is 17.0. The summed E-state index contributed by atoms with van der Waals surface area (Å²) in [5.41, 5.74) is 3.16. The molecule has 5 rings (SSSR count). The molecule has 0 atom stereocenters. The number of halogens is 3. The number of carbonyl (C=O) groups is 1. The van der Waals surface area contributed by atoms with Crippen LogP contribution in [-0.2, 0) is 17.6 Å². The maximum absolute atomic E-state index is 13.0. The summed E-state index contributed by atoms with van der Waals surface area (Å²) < 4.78 is 47.0. The van der Waals surface area contributed by atoms with E-state index in [1.54, 1.807) is 6.21 Å².